The maximum absolute atomic E-state index is 15.2. The Labute approximate surface area is 421 Å². The number of esters is 1. The van der Waals surface area contributed by atoms with Gasteiger partial charge in [-0.1, -0.05) is 42.2 Å². The number of H-pyrrole nitrogens is 1. The molecule has 3 saturated carbocycles. The summed E-state index contributed by atoms with van der Waals surface area (Å²) in [6.45, 7) is 1.84. The van der Waals surface area contributed by atoms with Crippen LogP contribution in [-0.2, 0) is 32.0 Å². The lowest BCUT2D eigenvalue weighted by molar-refractivity contribution is -0.149. The van der Waals surface area contributed by atoms with E-state index in [1.807, 2.05) is 30.3 Å². The van der Waals surface area contributed by atoms with Gasteiger partial charge in [0.25, 0.3) is 0 Å². The predicted octanol–water partition coefficient (Wildman–Crippen LogP) is 6.68. The van der Waals surface area contributed by atoms with Crippen LogP contribution in [0.5, 0.6) is 23.0 Å². The molecule has 1 spiro atoms. The van der Waals surface area contributed by atoms with Crippen molar-refractivity contribution in [1.29, 1.82) is 0 Å². The summed E-state index contributed by atoms with van der Waals surface area (Å²) in [5.74, 6) is 4.50. The second-order valence-electron chi connectivity index (χ2n) is 21.2. The van der Waals surface area contributed by atoms with Crippen molar-refractivity contribution in [3.8, 4) is 34.8 Å². The minimum Gasteiger partial charge on any atom is -0.504 e. The number of carbonyl (C=O) groups is 3. The van der Waals surface area contributed by atoms with E-state index >= 15 is 4.79 Å². The number of aldehydes is 1. The van der Waals surface area contributed by atoms with E-state index in [9.17, 15) is 40.2 Å². The van der Waals surface area contributed by atoms with Gasteiger partial charge < -0.3 is 59.9 Å². The number of para-hydroxylation sites is 1. The molecular formula is C58H70N2O12. The minimum absolute atomic E-state index is 0.00324. The number of hydrogen-bond acceptors (Lipinski definition) is 13. The molecule has 1 aliphatic heterocycles. The van der Waals surface area contributed by atoms with Gasteiger partial charge in [0.2, 0.25) is 0 Å². The lowest BCUT2D eigenvalue weighted by Crippen LogP contribution is -2.54. The van der Waals surface area contributed by atoms with Crippen molar-refractivity contribution < 1.29 is 59.2 Å². The van der Waals surface area contributed by atoms with E-state index in [1.54, 1.807) is 25.1 Å². The van der Waals surface area contributed by atoms with Crippen LogP contribution in [0.1, 0.15) is 111 Å². The number of aryl methyl sites for hydroxylation is 1. The third kappa shape index (κ3) is 10.3. The van der Waals surface area contributed by atoms with E-state index < -0.39 is 41.5 Å². The van der Waals surface area contributed by atoms with E-state index in [1.165, 1.54) is 13.2 Å². The molecule has 1 aromatic heterocycles. The van der Waals surface area contributed by atoms with Crippen molar-refractivity contribution in [1.82, 2.24) is 10.3 Å². The van der Waals surface area contributed by atoms with Crippen LogP contribution in [0.25, 0.3) is 16.5 Å². The van der Waals surface area contributed by atoms with Crippen molar-refractivity contribution in [3.05, 3.63) is 88.6 Å². The molecule has 72 heavy (non-hydrogen) atoms. The van der Waals surface area contributed by atoms with Gasteiger partial charge >= 0.3 is 5.97 Å². The number of phenols is 2. The first-order valence-electron chi connectivity index (χ1n) is 26.0. The van der Waals surface area contributed by atoms with Gasteiger partial charge in [-0.15, -0.1) is 0 Å². The Bertz CT molecular complexity index is 2720. The summed E-state index contributed by atoms with van der Waals surface area (Å²) < 4.78 is 17.5. The number of ether oxygens (including phenoxy) is 3. The SMILES string of the molecule is COc1cc2c(cc1O)C1=C[C@H]3C[C@@]4(C[C@@H](NC[C@H](C)O)[C@@H](CCCO)[C@@H]4C=O)[C@H]4C[C@H](O)CC[C@@H]4[C@@H]3[C@H]2CC(=O)C[C@@H](CCc2ccc(O)c(OCCO)c2)OC(=O)CC#CCc2c1[nH]c1ccccc21. The molecule has 0 radical (unpaired) electrons. The van der Waals surface area contributed by atoms with Crippen molar-refractivity contribution >= 4 is 34.5 Å². The first kappa shape index (κ1) is 51.2. The maximum Gasteiger partial charge on any atom is 0.318 e. The predicted molar refractivity (Wildman–Crippen MR) is 270 cm³/mol. The lowest BCUT2D eigenvalue weighted by Gasteiger charge is -2.58. The van der Waals surface area contributed by atoms with Gasteiger partial charge in [0.05, 0.1) is 31.6 Å². The molecule has 14 heteroatoms. The first-order valence-corrected chi connectivity index (χ1v) is 26.0. The summed E-state index contributed by atoms with van der Waals surface area (Å²) in [5, 5.41) is 68.4. The van der Waals surface area contributed by atoms with E-state index in [0.717, 1.165) is 50.7 Å². The Kier molecular flexibility index (Phi) is 15.8. The largest absolute Gasteiger partial charge is 0.504 e. The number of cyclic esters (lactones) is 1. The number of hydrogen-bond donors (Lipinski definition) is 8. The monoisotopic (exact) mass is 986 g/mol. The van der Waals surface area contributed by atoms with Gasteiger partial charge in [0.15, 0.2) is 23.0 Å². The number of benzene rings is 3. The quantitative estimate of drug-likeness (QED) is 0.0375. The van der Waals surface area contributed by atoms with Crippen LogP contribution in [0.4, 0.5) is 0 Å². The zero-order valence-corrected chi connectivity index (χ0v) is 41.4. The Morgan fingerprint density at radius 2 is 1.79 bits per heavy atom. The second-order valence-corrected chi connectivity index (χ2v) is 21.2. The molecule has 384 valence electrons. The molecular weight excluding hydrogens is 917 g/mol. The zero-order valence-electron chi connectivity index (χ0n) is 41.4. The molecule has 4 aliphatic carbocycles. The number of nitrogens with one attached hydrogen (secondary N) is 2. The molecule has 0 unspecified atom stereocenters. The summed E-state index contributed by atoms with van der Waals surface area (Å²) in [5.41, 5.74) is 5.23. The topological polar surface area (TPSA) is 228 Å². The number of aromatic amines is 1. The molecule has 3 aromatic carbocycles. The highest BCUT2D eigenvalue weighted by Crippen LogP contribution is 2.68. The molecule has 14 nitrogen and oxygen atoms in total. The number of aromatic nitrogens is 1. The molecule has 2 bridgehead atoms. The van der Waals surface area contributed by atoms with Crippen molar-refractivity contribution in [2.24, 2.45) is 40.9 Å². The number of fused-ring (bicyclic) bond motifs is 9. The summed E-state index contributed by atoms with van der Waals surface area (Å²) in [4.78, 5) is 46.5. The Hall–Kier alpha value is -5.69. The van der Waals surface area contributed by atoms with Crippen LogP contribution < -0.4 is 14.8 Å². The number of aromatic hydroxyl groups is 2. The van der Waals surface area contributed by atoms with Gasteiger partial charge in [-0.25, -0.2) is 0 Å². The number of methoxy groups -OCH3 is 1. The Morgan fingerprint density at radius 1 is 0.972 bits per heavy atom. The molecule has 0 amide bonds. The zero-order chi connectivity index (χ0) is 50.7. The van der Waals surface area contributed by atoms with E-state index in [4.69, 9.17) is 14.2 Å². The van der Waals surface area contributed by atoms with E-state index in [-0.39, 0.29) is 116 Å². The highest BCUT2D eigenvalue weighted by Gasteiger charge is 2.64. The maximum atomic E-state index is 15.2. The molecule has 4 aromatic rings. The number of aliphatic hydroxyl groups is 4. The van der Waals surface area contributed by atoms with Crippen LogP contribution in [0.2, 0.25) is 0 Å². The Morgan fingerprint density at radius 3 is 2.57 bits per heavy atom. The fraction of sp³-hybridized carbons (Fsp3) is 0.534. The highest BCUT2D eigenvalue weighted by atomic mass is 16.5. The standard InChI is InChI=1S/C58H70N2O12/c1-33(64)31-59-50-30-58(48(32-63)41(50)10-7-19-61)29-35-23-46-43-27-52(68)53(70-2)28-44(43)45(56(35)42-17-15-36(65)26-47(42)58)25-37(66)24-38(16-13-34-14-18-51(67)54(22-34)71-21-20-62)72-55(69)12-6-4-9-40-39-8-3-5-11-49(39)60-57(40)46/h3,5,8,11,14,18,22-23,27-28,32-33,35-36,38,41-42,45,47-48,50,56,59-62,64-65,67-68H,7,9-10,12-13,15-17,19-21,24-26,29-31H2,1-2H3/t33-,35-,36+,38+,41-,42-,45-,47-,48-,50+,56+,58+/m0/s1. The normalized spacial score (nSPS) is 29.7. The highest BCUT2D eigenvalue weighted by molar-refractivity contribution is 5.94. The van der Waals surface area contributed by atoms with E-state index in [0.29, 0.717) is 57.9 Å². The van der Waals surface area contributed by atoms with Crippen LogP contribution >= 0.6 is 0 Å². The fourth-order valence-corrected chi connectivity index (χ4v) is 14.1. The number of ketones is 1. The van der Waals surface area contributed by atoms with Gasteiger partial charge in [-0.2, -0.15) is 0 Å². The number of allylic oxidation sites excluding steroid dienone is 1. The van der Waals surface area contributed by atoms with Crippen LogP contribution in [0.3, 0.4) is 0 Å². The van der Waals surface area contributed by atoms with Gasteiger partial charge in [0, 0.05) is 60.8 Å². The molecule has 9 rings (SSSR count). The Balaban J connectivity index is 1.21. The van der Waals surface area contributed by atoms with Gasteiger partial charge in [0.1, 0.15) is 31.2 Å². The molecule has 12 atom stereocenters. The molecule has 5 aliphatic rings. The number of carbonyl (C=O) groups excluding carboxylic acids is 3. The number of Topliss-reactive ketones (excluding diaryl/α,β-unsaturated/α-hetero) is 1. The molecule has 3 fully saturated rings. The number of phenolic OH excluding ortho intramolecular Hbond substituents is 2. The molecule has 2 heterocycles. The van der Waals surface area contributed by atoms with Crippen molar-refractivity contribution in [2.45, 2.75) is 121 Å². The summed E-state index contributed by atoms with van der Waals surface area (Å²) in [6, 6.07) is 16.4. The number of aliphatic hydroxyl groups excluding tert-OH is 4. The average Bonchev–Trinajstić information content (AvgIpc) is 3.84. The minimum atomic E-state index is -0.819. The number of rotatable bonds is 14. The average molecular weight is 987 g/mol. The molecule has 0 saturated heterocycles. The summed E-state index contributed by atoms with van der Waals surface area (Å²) >= 11 is 0. The molecule has 8 N–H and O–H groups in total. The third-order valence-corrected chi connectivity index (χ3v) is 16.9. The summed E-state index contributed by atoms with van der Waals surface area (Å²) in [7, 11) is 1.51. The first-order chi connectivity index (χ1) is 34.9. The van der Waals surface area contributed by atoms with E-state index in [2.05, 4.69) is 28.2 Å². The lowest BCUT2D eigenvalue weighted by atomic mass is 9.46. The van der Waals surface area contributed by atoms with Crippen molar-refractivity contribution in [3.63, 3.8) is 0 Å². The fourth-order valence-electron chi connectivity index (χ4n) is 14.1. The second kappa shape index (κ2) is 22.2. The van der Waals surface area contributed by atoms with Crippen LogP contribution in [0.15, 0.2) is 60.7 Å². The van der Waals surface area contributed by atoms with Crippen molar-refractivity contribution in [2.75, 3.05) is 33.5 Å². The van der Waals surface area contributed by atoms with Crippen LogP contribution in [-0.4, -0.2) is 111 Å². The third-order valence-electron chi connectivity index (χ3n) is 16.9. The van der Waals surface area contributed by atoms with Gasteiger partial charge in [-0.3, -0.25) is 9.59 Å². The smallest absolute Gasteiger partial charge is 0.318 e. The van der Waals surface area contributed by atoms with Gasteiger partial charge in [-0.05, 0) is 158 Å². The van der Waals surface area contributed by atoms with Crippen LogP contribution in [0, 0.1) is 52.8 Å². The summed E-state index contributed by atoms with van der Waals surface area (Å²) in [6.07, 6.45) is 6.26.